The van der Waals surface area contributed by atoms with E-state index in [4.69, 9.17) is 16.3 Å². The molecule has 1 amide bonds. The molecule has 19 heavy (non-hydrogen) atoms. The lowest BCUT2D eigenvalue weighted by atomic mass is 10.1. The number of nitrogens with zero attached hydrogens (tertiary/aromatic N) is 1. The number of carboxylic acid groups (broad SMARTS) is 1. The van der Waals surface area contributed by atoms with Gasteiger partial charge in [0, 0.05) is 18.8 Å². The second kappa shape index (κ2) is 5.48. The second-order valence-electron chi connectivity index (χ2n) is 4.39. The Morgan fingerprint density at radius 1 is 1.58 bits per heavy atom. The summed E-state index contributed by atoms with van der Waals surface area (Å²) in [5.74, 6) is -0.542. The van der Waals surface area contributed by atoms with Crippen LogP contribution in [0.1, 0.15) is 16.8 Å². The van der Waals surface area contributed by atoms with Gasteiger partial charge in [-0.2, -0.15) is 0 Å². The van der Waals surface area contributed by atoms with Crippen molar-refractivity contribution in [2.24, 2.45) is 5.92 Å². The fourth-order valence-corrected chi connectivity index (χ4v) is 2.45. The average molecular weight is 284 g/mol. The summed E-state index contributed by atoms with van der Waals surface area (Å²) in [5, 5.41) is 9.30. The Bertz CT molecular complexity index is 517. The zero-order chi connectivity index (χ0) is 14.0. The number of amides is 1. The molecule has 1 heterocycles. The maximum absolute atomic E-state index is 12.0. The number of anilines is 1. The number of carbonyl (C=O) groups excluding carboxylic acids is 1. The molecule has 1 aromatic carbocycles. The third kappa shape index (κ3) is 2.51. The first-order valence-electron chi connectivity index (χ1n) is 5.85. The molecule has 6 heteroatoms. The molecule has 2 rings (SSSR count). The maximum Gasteiger partial charge on any atom is 0.341 e. The predicted molar refractivity (Wildman–Crippen MR) is 71.1 cm³/mol. The zero-order valence-corrected chi connectivity index (χ0v) is 11.2. The van der Waals surface area contributed by atoms with Crippen LogP contribution in [0.15, 0.2) is 18.2 Å². The van der Waals surface area contributed by atoms with Crippen LogP contribution < -0.4 is 9.64 Å². The lowest BCUT2D eigenvalue weighted by molar-refractivity contribution is -0.117. The van der Waals surface area contributed by atoms with E-state index < -0.39 is 5.97 Å². The zero-order valence-electron chi connectivity index (χ0n) is 10.4. The fourth-order valence-electron chi connectivity index (χ4n) is 2.25. The van der Waals surface area contributed by atoms with Gasteiger partial charge >= 0.3 is 5.97 Å². The number of carboxylic acids is 1. The standard InChI is InChI=1S/C13H14ClNO4/c1-19-10-4-2-3-9(12(10)13(17)18)15-7-8(6-14)5-11(15)16/h2-4,8H,5-7H2,1H3,(H,17,18). The highest BCUT2D eigenvalue weighted by Gasteiger charge is 2.33. The molecule has 1 N–H and O–H groups in total. The fraction of sp³-hybridized carbons (Fsp3) is 0.385. The number of ether oxygens (including phenoxy) is 1. The Morgan fingerprint density at radius 2 is 2.32 bits per heavy atom. The summed E-state index contributed by atoms with van der Waals surface area (Å²) in [6, 6.07) is 4.84. The van der Waals surface area contributed by atoms with Crippen LogP contribution in [0.4, 0.5) is 5.69 Å². The minimum atomic E-state index is -1.12. The topological polar surface area (TPSA) is 66.8 Å². The number of hydrogen-bond acceptors (Lipinski definition) is 3. The van der Waals surface area contributed by atoms with Crippen LogP contribution in [0.3, 0.4) is 0 Å². The summed E-state index contributed by atoms with van der Waals surface area (Å²) >= 11 is 5.77. The normalized spacial score (nSPS) is 18.7. The molecule has 5 nitrogen and oxygen atoms in total. The highest BCUT2D eigenvalue weighted by atomic mass is 35.5. The van der Waals surface area contributed by atoms with Crippen LogP contribution >= 0.6 is 11.6 Å². The van der Waals surface area contributed by atoms with E-state index in [0.29, 0.717) is 24.5 Å². The Hall–Kier alpha value is -1.75. The third-order valence-corrected chi connectivity index (χ3v) is 3.59. The molecule has 0 saturated carbocycles. The van der Waals surface area contributed by atoms with Crippen molar-refractivity contribution in [1.29, 1.82) is 0 Å². The molecule has 1 saturated heterocycles. The predicted octanol–water partition coefficient (Wildman–Crippen LogP) is 1.99. The second-order valence-corrected chi connectivity index (χ2v) is 4.70. The molecular formula is C13H14ClNO4. The molecule has 0 spiro atoms. The quantitative estimate of drug-likeness (QED) is 0.858. The molecule has 1 unspecified atom stereocenters. The Kier molecular flexibility index (Phi) is 3.95. The van der Waals surface area contributed by atoms with E-state index in [1.807, 2.05) is 0 Å². The Labute approximate surface area is 115 Å². The molecule has 1 aliphatic rings. The molecule has 0 radical (unpaired) electrons. The van der Waals surface area contributed by atoms with Crippen molar-refractivity contribution in [3.05, 3.63) is 23.8 Å². The molecular weight excluding hydrogens is 270 g/mol. The van der Waals surface area contributed by atoms with Gasteiger partial charge in [0.05, 0.1) is 12.8 Å². The van der Waals surface area contributed by atoms with Crippen LogP contribution in [0, 0.1) is 5.92 Å². The molecule has 0 bridgehead atoms. The van der Waals surface area contributed by atoms with Gasteiger partial charge in [0.1, 0.15) is 11.3 Å². The summed E-state index contributed by atoms with van der Waals surface area (Å²) in [6.45, 7) is 0.440. The summed E-state index contributed by atoms with van der Waals surface area (Å²) in [4.78, 5) is 24.8. The smallest absolute Gasteiger partial charge is 0.341 e. The average Bonchev–Trinajstić information content (AvgIpc) is 2.78. The van der Waals surface area contributed by atoms with Crippen molar-refractivity contribution in [2.45, 2.75) is 6.42 Å². The van der Waals surface area contributed by atoms with Crippen LogP contribution in [0.2, 0.25) is 0 Å². The first-order valence-corrected chi connectivity index (χ1v) is 6.38. The van der Waals surface area contributed by atoms with Crippen molar-refractivity contribution in [3.63, 3.8) is 0 Å². The van der Waals surface area contributed by atoms with E-state index in [-0.39, 0.29) is 23.1 Å². The van der Waals surface area contributed by atoms with E-state index in [1.165, 1.54) is 12.0 Å². The van der Waals surface area contributed by atoms with Gasteiger partial charge < -0.3 is 14.7 Å². The van der Waals surface area contributed by atoms with Crippen LogP contribution in [-0.4, -0.2) is 36.5 Å². The number of halogens is 1. The molecule has 0 aromatic heterocycles. The van der Waals surface area contributed by atoms with E-state index in [2.05, 4.69) is 0 Å². The minimum absolute atomic E-state index is 0.00794. The van der Waals surface area contributed by atoms with Crippen molar-refractivity contribution in [1.82, 2.24) is 0 Å². The van der Waals surface area contributed by atoms with E-state index in [0.717, 1.165) is 0 Å². The maximum atomic E-state index is 12.0. The lowest BCUT2D eigenvalue weighted by Gasteiger charge is -2.20. The monoisotopic (exact) mass is 283 g/mol. The van der Waals surface area contributed by atoms with Crippen molar-refractivity contribution in [2.75, 3.05) is 24.4 Å². The molecule has 1 aliphatic heterocycles. The van der Waals surface area contributed by atoms with Crippen LogP contribution in [0.25, 0.3) is 0 Å². The Morgan fingerprint density at radius 3 is 2.84 bits per heavy atom. The number of benzene rings is 1. The van der Waals surface area contributed by atoms with E-state index in [1.54, 1.807) is 18.2 Å². The van der Waals surface area contributed by atoms with Gasteiger partial charge in [-0.1, -0.05) is 6.07 Å². The van der Waals surface area contributed by atoms with Crippen molar-refractivity contribution in [3.8, 4) is 5.75 Å². The lowest BCUT2D eigenvalue weighted by Crippen LogP contribution is -2.27. The highest BCUT2D eigenvalue weighted by Crippen LogP contribution is 2.33. The molecule has 1 atom stereocenters. The first kappa shape index (κ1) is 13.7. The molecule has 1 fully saturated rings. The van der Waals surface area contributed by atoms with Crippen molar-refractivity contribution >= 4 is 29.2 Å². The van der Waals surface area contributed by atoms with Crippen LogP contribution in [-0.2, 0) is 4.79 Å². The summed E-state index contributed by atoms with van der Waals surface area (Å²) in [6.07, 6.45) is 0.347. The number of methoxy groups -OCH3 is 1. The van der Waals surface area contributed by atoms with Crippen molar-refractivity contribution < 1.29 is 19.4 Å². The number of carbonyl (C=O) groups is 2. The number of aromatic carboxylic acids is 1. The SMILES string of the molecule is COc1cccc(N2CC(CCl)CC2=O)c1C(=O)O. The van der Waals surface area contributed by atoms with E-state index >= 15 is 0 Å². The van der Waals surface area contributed by atoms with Gasteiger partial charge in [0.25, 0.3) is 0 Å². The molecule has 102 valence electrons. The highest BCUT2D eigenvalue weighted by molar-refractivity contribution is 6.18. The molecule has 0 aliphatic carbocycles. The molecule has 1 aromatic rings. The largest absolute Gasteiger partial charge is 0.496 e. The number of rotatable bonds is 4. The summed E-state index contributed by atoms with van der Waals surface area (Å²) in [7, 11) is 1.40. The number of alkyl halides is 1. The van der Waals surface area contributed by atoms with Gasteiger partial charge in [-0.25, -0.2) is 4.79 Å². The van der Waals surface area contributed by atoms with Gasteiger partial charge in [-0.05, 0) is 18.1 Å². The summed E-state index contributed by atoms with van der Waals surface area (Å²) in [5.41, 5.74) is 0.373. The van der Waals surface area contributed by atoms with E-state index in [9.17, 15) is 14.7 Å². The van der Waals surface area contributed by atoms with Gasteiger partial charge in [0.2, 0.25) is 5.91 Å². The van der Waals surface area contributed by atoms with Crippen LogP contribution in [0.5, 0.6) is 5.75 Å². The Balaban J connectivity index is 2.45. The first-order chi connectivity index (χ1) is 9.08. The van der Waals surface area contributed by atoms with Gasteiger partial charge in [-0.15, -0.1) is 11.6 Å². The minimum Gasteiger partial charge on any atom is -0.496 e. The third-order valence-electron chi connectivity index (χ3n) is 3.15. The number of hydrogen-bond donors (Lipinski definition) is 1. The van der Waals surface area contributed by atoms with Gasteiger partial charge in [-0.3, -0.25) is 4.79 Å². The summed E-state index contributed by atoms with van der Waals surface area (Å²) < 4.78 is 5.05. The van der Waals surface area contributed by atoms with Gasteiger partial charge in [0.15, 0.2) is 0 Å².